The molecular weight excluding hydrogens is 234 g/mol. The van der Waals surface area contributed by atoms with Crippen LogP contribution >= 0.6 is 0 Å². The van der Waals surface area contributed by atoms with Gasteiger partial charge in [0.1, 0.15) is 11.1 Å². The van der Waals surface area contributed by atoms with Crippen molar-refractivity contribution >= 4 is 12.1 Å². The van der Waals surface area contributed by atoms with Gasteiger partial charge in [-0.1, -0.05) is 0 Å². The molecule has 2 fully saturated rings. The van der Waals surface area contributed by atoms with Crippen molar-refractivity contribution in [1.82, 2.24) is 5.32 Å². The summed E-state index contributed by atoms with van der Waals surface area (Å²) in [6, 6.07) is 0. The fraction of sp³-hybridized carbons (Fsp3) is 0.846. The predicted molar refractivity (Wildman–Crippen MR) is 65.3 cm³/mol. The standard InChI is InChI=1S/C13H21NO4/c1-11(2,3)18-10(17)14-13(9(15)16)6-4-5-12(13)7-8-12/h4-8H2,1-3H3,(H,14,17)(H,15,16). The Bertz CT molecular complexity index is 381. The molecule has 2 N–H and O–H groups in total. The third kappa shape index (κ3) is 2.06. The van der Waals surface area contributed by atoms with E-state index in [0.29, 0.717) is 6.42 Å². The van der Waals surface area contributed by atoms with Crippen molar-refractivity contribution in [3.63, 3.8) is 0 Å². The van der Waals surface area contributed by atoms with Gasteiger partial charge in [-0.15, -0.1) is 0 Å². The lowest BCUT2D eigenvalue weighted by atomic mass is 9.84. The summed E-state index contributed by atoms with van der Waals surface area (Å²) in [5.74, 6) is -0.927. The van der Waals surface area contributed by atoms with Crippen LogP contribution in [-0.2, 0) is 9.53 Å². The van der Waals surface area contributed by atoms with E-state index in [4.69, 9.17) is 4.74 Å². The highest BCUT2D eigenvalue weighted by Crippen LogP contribution is 2.63. The summed E-state index contributed by atoms with van der Waals surface area (Å²) in [4.78, 5) is 23.5. The molecule has 18 heavy (non-hydrogen) atoms. The van der Waals surface area contributed by atoms with Gasteiger partial charge in [-0.3, -0.25) is 0 Å². The topological polar surface area (TPSA) is 75.6 Å². The Hall–Kier alpha value is -1.26. The van der Waals surface area contributed by atoms with Gasteiger partial charge in [0.2, 0.25) is 0 Å². The molecule has 2 rings (SSSR count). The van der Waals surface area contributed by atoms with Gasteiger partial charge < -0.3 is 15.2 Å². The van der Waals surface area contributed by atoms with E-state index in [2.05, 4.69) is 5.32 Å². The average molecular weight is 255 g/mol. The molecule has 5 heteroatoms. The summed E-state index contributed by atoms with van der Waals surface area (Å²) in [7, 11) is 0. The Morgan fingerprint density at radius 3 is 2.22 bits per heavy atom. The SMILES string of the molecule is CC(C)(C)OC(=O)NC1(C(=O)O)CCCC12CC2. The Labute approximate surface area is 107 Å². The number of carboxylic acid groups (broad SMARTS) is 1. The molecule has 2 aliphatic carbocycles. The molecule has 2 aliphatic rings. The highest BCUT2D eigenvalue weighted by Gasteiger charge is 2.67. The number of aliphatic carboxylic acids is 1. The van der Waals surface area contributed by atoms with Crippen LogP contribution in [0.25, 0.3) is 0 Å². The van der Waals surface area contributed by atoms with Crippen molar-refractivity contribution < 1.29 is 19.4 Å². The predicted octanol–water partition coefficient (Wildman–Crippen LogP) is 2.30. The van der Waals surface area contributed by atoms with Gasteiger partial charge in [-0.25, -0.2) is 9.59 Å². The molecule has 0 heterocycles. The summed E-state index contributed by atoms with van der Waals surface area (Å²) in [6.07, 6.45) is 3.38. The fourth-order valence-corrected chi connectivity index (χ4v) is 3.06. The van der Waals surface area contributed by atoms with Crippen molar-refractivity contribution in [2.45, 2.75) is 64.0 Å². The summed E-state index contributed by atoms with van der Waals surface area (Å²) >= 11 is 0. The number of amides is 1. The van der Waals surface area contributed by atoms with E-state index in [1.165, 1.54) is 0 Å². The first-order valence-electron chi connectivity index (χ1n) is 6.45. The van der Waals surface area contributed by atoms with E-state index in [9.17, 15) is 14.7 Å². The number of carbonyl (C=O) groups excluding carboxylic acids is 1. The maximum absolute atomic E-state index is 11.8. The Morgan fingerprint density at radius 2 is 1.78 bits per heavy atom. The molecule has 5 nitrogen and oxygen atoms in total. The fourth-order valence-electron chi connectivity index (χ4n) is 3.06. The minimum absolute atomic E-state index is 0.226. The van der Waals surface area contributed by atoms with E-state index in [1.807, 2.05) is 0 Å². The van der Waals surface area contributed by atoms with Crippen molar-refractivity contribution in [3.8, 4) is 0 Å². The zero-order valence-corrected chi connectivity index (χ0v) is 11.2. The second-order valence-corrected chi connectivity index (χ2v) is 6.47. The molecule has 0 aromatic carbocycles. The number of hydrogen-bond donors (Lipinski definition) is 2. The van der Waals surface area contributed by atoms with Gasteiger partial charge in [0.15, 0.2) is 0 Å². The van der Waals surface area contributed by atoms with E-state index in [0.717, 1.165) is 25.7 Å². The van der Waals surface area contributed by atoms with Crippen molar-refractivity contribution in [1.29, 1.82) is 0 Å². The molecule has 0 saturated heterocycles. The molecule has 102 valence electrons. The van der Waals surface area contributed by atoms with Crippen LogP contribution in [0.4, 0.5) is 4.79 Å². The zero-order valence-electron chi connectivity index (χ0n) is 11.2. The minimum Gasteiger partial charge on any atom is -0.479 e. The van der Waals surface area contributed by atoms with Gasteiger partial charge in [-0.05, 0) is 52.9 Å². The minimum atomic E-state index is -1.12. The molecule has 1 amide bonds. The molecule has 1 unspecified atom stereocenters. The maximum atomic E-state index is 11.8. The lowest BCUT2D eigenvalue weighted by Crippen LogP contribution is -2.58. The number of rotatable bonds is 2. The van der Waals surface area contributed by atoms with Crippen LogP contribution in [0, 0.1) is 5.41 Å². The maximum Gasteiger partial charge on any atom is 0.408 e. The van der Waals surface area contributed by atoms with E-state index >= 15 is 0 Å². The van der Waals surface area contributed by atoms with Crippen molar-refractivity contribution in [2.75, 3.05) is 0 Å². The first-order valence-corrected chi connectivity index (χ1v) is 6.45. The lowest BCUT2D eigenvalue weighted by Gasteiger charge is -2.33. The lowest BCUT2D eigenvalue weighted by molar-refractivity contribution is -0.147. The summed E-state index contributed by atoms with van der Waals surface area (Å²) in [6.45, 7) is 5.30. The number of hydrogen-bond acceptors (Lipinski definition) is 3. The molecule has 0 aliphatic heterocycles. The zero-order chi connectivity index (χ0) is 13.6. The molecule has 1 spiro atoms. The molecular formula is C13H21NO4. The number of nitrogens with one attached hydrogen (secondary N) is 1. The smallest absolute Gasteiger partial charge is 0.408 e. The Kier molecular flexibility index (Phi) is 2.83. The first kappa shape index (κ1) is 13.2. The van der Waals surface area contributed by atoms with Gasteiger partial charge in [0.25, 0.3) is 0 Å². The molecule has 1 atom stereocenters. The van der Waals surface area contributed by atoms with Gasteiger partial charge in [0, 0.05) is 5.41 Å². The highest BCUT2D eigenvalue weighted by atomic mass is 16.6. The van der Waals surface area contributed by atoms with E-state index in [1.54, 1.807) is 20.8 Å². The molecule has 0 aromatic rings. The van der Waals surface area contributed by atoms with Crippen LogP contribution in [-0.4, -0.2) is 28.3 Å². The van der Waals surface area contributed by atoms with Crippen LogP contribution in [0.2, 0.25) is 0 Å². The third-order valence-corrected chi connectivity index (χ3v) is 4.05. The van der Waals surface area contributed by atoms with E-state index in [-0.39, 0.29) is 5.41 Å². The second kappa shape index (κ2) is 3.87. The number of alkyl carbamates (subject to hydrolysis) is 1. The number of ether oxygens (including phenoxy) is 1. The number of carboxylic acids is 1. The molecule has 0 radical (unpaired) electrons. The summed E-state index contributed by atoms with van der Waals surface area (Å²) < 4.78 is 5.18. The van der Waals surface area contributed by atoms with Gasteiger partial charge >= 0.3 is 12.1 Å². The first-order chi connectivity index (χ1) is 8.21. The largest absolute Gasteiger partial charge is 0.479 e. The van der Waals surface area contributed by atoms with Crippen LogP contribution in [0.1, 0.15) is 52.9 Å². The Balaban J connectivity index is 2.13. The summed E-state index contributed by atoms with van der Waals surface area (Å²) in [5.41, 5.74) is -1.95. The normalized spacial score (nSPS) is 29.1. The van der Waals surface area contributed by atoms with E-state index < -0.39 is 23.2 Å². The van der Waals surface area contributed by atoms with Crippen molar-refractivity contribution in [2.24, 2.45) is 5.41 Å². The van der Waals surface area contributed by atoms with Crippen LogP contribution in [0.15, 0.2) is 0 Å². The highest BCUT2D eigenvalue weighted by molar-refractivity contribution is 5.86. The van der Waals surface area contributed by atoms with Crippen LogP contribution in [0.3, 0.4) is 0 Å². The summed E-state index contributed by atoms with van der Waals surface area (Å²) in [5, 5.41) is 12.2. The third-order valence-electron chi connectivity index (χ3n) is 4.05. The molecule has 0 bridgehead atoms. The second-order valence-electron chi connectivity index (χ2n) is 6.47. The number of carbonyl (C=O) groups is 2. The quantitative estimate of drug-likeness (QED) is 0.793. The van der Waals surface area contributed by atoms with Crippen LogP contribution in [0.5, 0.6) is 0 Å². The van der Waals surface area contributed by atoms with Gasteiger partial charge in [-0.2, -0.15) is 0 Å². The average Bonchev–Trinajstić information content (AvgIpc) is 2.84. The molecule has 2 saturated carbocycles. The molecule has 0 aromatic heterocycles. The Morgan fingerprint density at radius 1 is 1.17 bits per heavy atom. The van der Waals surface area contributed by atoms with Crippen LogP contribution < -0.4 is 5.32 Å². The van der Waals surface area contributed by atoms with Crippen molar-refractivity contribution in [3.05, 3.63) is 0 Å². The monoisotopic (exact) mass is 255 g/mol. The van der Waals surface area contributed by atoms with Gasteiger partial charge in [0.05, 0.1) is 0 Å².